The maximum Gasteiger partial charge on any atom is 0.416 e. The molecule has 10 heteroatoms. The Labute approximate surface area is 250 Å². The van der Waals surface area contributed by atoms with Crippen LogP contribution in [0.2, 0.25) is 0 Å². The summed E-state index contributed by atoms with van der Waals surface area (Å²) in [4.78, 5) is 51.8. The lowest BCUT2D eigenvalue weighted by atomic mass is 9.44. The molecule has 42 heavy (non-hydrogen) atoms. The second-order valence-corrected chi connectivity index (χ2v) is 14.6. The number of methoxy groups -OCH3 is 1. The number of allylic oxidation sites excluding steroid dienone is 1. The van der Waals surface area contributed by atoms with Gasteiger partial charge in [-0.15, -0.1) is 6.58 Å². The molecule has 0 saturated heterocycles. The molecule has 2 N–H and O–H groups in total. The van der Waals surface area contributed by atoms with Crippen molar-refractivity contribution >= 4 is 24.1 Å². The third kappa shape index (κ3) is 5.80. The zero-order valence-corrected chi connectivity index (χ0v) is 26.5. The summed E-state index contributed by atoms with van der Waals surface area (Å²) >= 11 is 0. The molecular formula is C32H50N2O8. The highest BCUT2D eigenvalue weighted by atomic mass is 16.6. The lowest BCUT2D eigenvalue weighted by Gasteiger charge is -2.61. The van der Waals surface area contributed by atoms with E-state index in [0.29, 0.717) is 12.8 Å². The summed E-state index contributed by atoms with van der Waals surface area (Å²) in [6.07, 6.45) is 2.86. The van der Waals surface area contributed by atoms with Gasteiger partial charge in [0.2, 0.25) is 0 Å². The van der Waals surface area contributed by atoms with Crippen LogP contribution in [0, 0.1) is 34.0 Å². The van der Waals surface area contributed by atoms with Crippen molar-refractivity contribution < 1.29 is 38.1 Å². The van der Waals surface area contributed by atoms with Gasteiger partial charge in [-0.3, -0.25) is 4.79 Å². The Morgan fingerprint density at radius 3 is 2.21 bits per heavy atom. The van der Waals surface area contributed by atoms with Gasteiger partial charge in [0.05, 0.1) is 6.10 Å². The minimum absolute atomic E-state index is 0.0150. The van der Waals surface area contributed by atoms with Crippen molar-refractivity contribution in [3.63, 3.8) is 0 Å². The number of carbonyl (C=O) groups is 4. The third-order valence-electron chi connectivity index (χ3n) is 11.1. The van der Waals surface area contributed by atoms with Crippen molar-refractivity contribution in [2.24, 2.45) is 34.0 Å². The fraction of sp³-hybridized carbons (Fsp3) is 0.812. The second kappa shape index (κ2) is 11.5. The zero-order chi connectivity index (χ0) is 31.3. The van der Waals surface area contributed by atoms with Gasteiger partial charge in [-0.25, -0.2) is 19.7 Å². The number of carbonyl (C=O) groups excluding carboxylic acids is 4. The van der Waals surface area contributed by atoms with Crippen LogP contribution in [-0.4, -0.2) is 61.1 Å². The maximum atomic E-state index is 14.0. The van der Waals surface area contributed by atoms with Gasteiger partial charge >= 0.3 is 18.3 Å². The molecule has 0 spiro atoms. The van der Waals surface area contributed by atoms with Gasteiger partial charge in [0, 0.05) is 55.1 Å². The monoisotopic (exact) mass is 590 g/mol. The zero-order valence-electron chi connectivity index (χ0n) is 26.5. The molecule has 3 amide bonds. The number of hydrogen-bond donors (Lipinski definition) is 2. The van der Waals surface area contributed by atoms with Gasteiger partial charge in [0.15, 0.2) is 0 Å². The Balaban J connectivity index is 1.46. The van der Waals surface area contributed by atoms with E-state index in [1.165, 1.54) is 0 Å². The first-order valence-electron chi connectivity index (χ1n) is 15.4. The van der Waals surface area contributed by atoms with Gasteiger partial charge in [-0.2, -0.15) is 0 Å². The van der Waals surface area contributed by atoms with Crippen molar-refractivity contribution in [2.75, 3.05) is 7.11 Å². The number of ketones is 1. The molecule has 8 atom stereocenters. The van der Waals surface area contributed by atoms with Crippen LogP contribution in [0.4, 0.5) is 14.4 Å². The standard InChI is InChI=1S/C32H50N2O8/c1-10-30(7)17-23(31(8)18(2)11-13-32(19(3)25(30)35)14-12-22(39-9)24(31)32)41-27(37)34-26(36)40-21-15-20(16-21)33-28(38)42-29(4,5)6/h10,18-24H,1,11-17H2,2-9H3,(H,33,38)(H,34,36,37)/t18?,19-,20?,21?,22+,23+,24?,30+,31-,32-/m0/s1. The highest BCUT2D eigenvalue weighted by Crippen LogP contribution is 2.68. The van der Waals surface area contributed by atoms with Crippen LogP contribution >= 0.6 is 0 Å². The number of imide groups is 1. The predicted molar refractivity (Wildman–Crippen MR) is 156 cm³/mol. The molecule has 2 bridgehead atoms. The van der Waals surface area contributed by atoms with Crippen molar-refractivity contribution in [1.29, 1.82) is 0 Å². The summed E-state index contributed by atoms with van der Waals surface area (Å²) in [5.41, 5.74) is -2.25. The van der Waals surface area contributed by atoms with Crippen molar-refractivity contribution in [3.05, 3.63) is 12.7 Å². The molecule has 0 aromatic carbocycles. The normalized spacial score (nSPS) is 41.2. The Morgan fingerprint density at radius 1 is 1.00 bits per heavy atom. The Bertz CT molecular complexity index is 1100. The summed E-state index contributed by atoms with van der Waals surface area (Å²) in [7, 11) is 1.72. The average molecular weight is 591 g/mol. The van der Waals surface area contributed by atoms with Crippen LogP contribution < -0.4 is 10.6 Å². The largest absolute Gasteiger partial charge is 0.446 e. The first kappa shape index (κ1) is 32.3. The van der Waals surface area contributed by atoms with Gasteiger partial charge < -0.3 is 24.3 Å². The van der Waals surface area contributed by atoms with Crippen LogP contribution in [0.3, 0.4) is 0 Å². The number of Topliss-reactive ketones (excluding diaryl/α,β-unsaturated/α-hetero) is 1. The molecule has 236 valence electrons. The minimum atomic E-state index is -0.908. The molecule has 2 unspecified atom stereocenters. The molecule has 4 aliphatic carbocycles. The van der Waals surface area contributed by atoms with Gasteiger partial charge in [-0.05, 0) is 64.7 Å². The first-order chi connectivity index (χ1) is 19.5. The Kier molecular flexibility index (Phi) is 8.82. The molecule has 10 nitrogen and oxygen atoms in total. The number of alkyl carbamates (subject to hydrolysis) is 3. The number of rotatable bonds is 5. The molecule has 0 radical (unpaired) electrons. The van der Waals surface area contributed by atoms with Crippen molar-refractivity contribution in [2.45, 2.75) is 123 Å². The second-order valence-electron chi connectivity index (χ2n) is 14.6. The minimum Gasteiger partial charge on any atom is -0.446 e. The van der Waals surface area contributed by atoms with Crippen LogP contribution in [0.1, 0.15) is 93.4 Å². The molecule has 4 aliphatic rings. The predicted octanol–water partition coefficient (Wildman–Crippen LogP) is 5.92. The smallest absolute Gasteiger partial charge is 0.416 e. The maximum absolute atomic E-state index is 14.0. The van der Waals surface area contributed by atoms with E-state index >= 15 is 0 Å². The van der Waals surface area contributed by atoms with E-state index in [2.05, 4.69) is 38.0 Å². The lowest BCUT2D eigenvalue weighted by molar-refractivity contribution is -0.188. The number of amides is 3. The number of ether oxygens (including phenoxy) is 4. The van der Waals surface area contributed by atoms with E-state index in [4.69, 9.17) is 18.9 Å². The molecule has 4 fully saturated rings. The van der Waals surface area contributed by atoms with E-state index < -0.39 is 46.9 Å². The van der Waals surface area contributed by atoms with E-state index in [0.717, 1.165) is 25.7 Å². The van der Waals surface area contributed by atoms with Crippen molar-refractivity contribution in [1.82, 2.24) is 10.6 Å². The summed E-state index contributed by atoms with van der Waals surface area (Å²) < 4.78 is 22.8. The van der Waals surface area contributed by atoms with Crippen LogP contribution in [-0.2, 0) is 23.7 Å². The Hall–Kier alpha value is -2.62. The van der Waals surface area contributed by atoms with Crippen LogP contribution in [0.25, 0.3) is 0 Å². The number of hydrogen-bond acceptors (Lipinski definition) is 8. The van der Waals surface area contributed by atoms with E-state index in [1.807, 2.05) is 6.92 Å². The van der Waals surface area contributed by atoms with Crippen LogP contribution in [0.15, 0.2) is 12.7 Å². The lowest BCUT2D eigenvalue weighted by Crippen LogP contribution is -2.63. The van der Waals surface area contributed by atoms with Gasteiger partial charge in [-0.1, -0.05) is 26.8 Å². The van der Waals surface area contributed by atoms with E-state index in [-0.39, 0.29) is 47.5 Å². The van der Waals surface area contributed by atoms with Gasteiger partial charge in [0.25, 0.3) is 0 Å². The third-order valence-corrected chi connectivity index (χ3v) is 11.1. The average Bonchev–Trinajstić information content (AvgIpc) is 3.27. The Morgan fingerprint density at radius 2 is 1.62 bits per heavy atom. The SMILES string of the molecule is C=C[C@]1(C)C[C@@H](OC(=O)NC(=O)OC2CC(NC(=O)OC(C)(C)C)C2)[C@]2(C)C(C)CC[C@]3(CC[C@@H](OC)C32)[C@@H](C)C1=O. The number of nitrogens with one attached hydrogen (secondary N) is 2. The quantitative estimate of drug-likeness (QED) is 0.298. The topological polar surface area (TPSA) is 129 Å². The fourth-order valence-electron chi connectivity index (χ4n) is 8.47. The molecule has 0 aliphatic heterocycles. The molecule has 0 heterocycles. The summed E-state index contributed by atoms with van der Waals surface area (Å²) in [6.45, 7) is 17.6. The van der Waals surface area contributed by atoms with Crippen LogP contribution in [0.5, 0.6) is 0 Å². The molecular weight excluding hydrogens is 540 g/mol. The molecule has 0 aromatic rings. The summed E-state index contributed by atoms with van der Waals surface area (Å²) in [5, 5.41) is 4.97. The first-order valence-corrected chi connectivity index (χ1v) is 15.4. The van der Waals surface area contributed by atoms with Gasteiger partial charge in [0.1, 0.15) is 23.6 Å². The van der Waals surface area contributed by atoms with E-state index in [9.17, 15) is 19.2 Å². The van der Waals surface area contributed by atoms with E-state index in [1.54, 1.807) is 34.0 Å². The fourth-order valence-corrected chi connectivity index (χ4v) is 8.47. The molecule has 0 aromatic heterocycles. The highest BCUT2D eigenvalue weighted by Gasteiger charge is 2.68. The highest BCUT2D eigenvalue weighted by molar-refractivity contribution is 5.90. The summed E-state index contributed by atoms with van der Waals surface area (Å²) in [6, 6.07) is -0.177. The molecule has 4 saturated carbocycles. The van der Waals surface area contributed by atoms with Crippen molar-refractivity contribution in [3.8, 4) is 0 Å². The summed E-state index contributed by atoms with van der Waals surface area (Å²) in [5.74, 6) is 0.137. The molecule has 4 rings (SSSR count).